The summed E-state index contributed by atoms with van der Waals surface area (Å²) < 4.78 is 5.54. The highest BCUT2D eigenvalue weighted by Gasteiger charge is 2.45. The molecule has 1 aromatic carbocycles. The van der Waals surface area contributed by atoms with Crippen molar-refractivity contribution in [2.45, 2.75) is 24.6 Å². The maximum absolute atomic E-state index is 11.7. The van der Waals surface area contributed by atoms with E-state index in [1.807, 2.05) is 30.6 Å². The number of pyridine rings is 1. The lowest BCUT2D eigenvalue weighted by atomic mass is 9.79. The minimum Gasteiger partial charge on any atom is -0.383 e. The zero-order valence-electron chi connectivity index (χ0n) is 15.1. The molecule has 0 amide bonds. The van der Waals surface area contributed by atoms with E-state index in [0.717, 1.165) is 57.9 Å². The number of ether oxygens (including phenoxy) is 1. The van der Waals surface area contributed by atoms with Crippen molar-refractivity contribution in [3.63, 3.8) is 0 Å². The van der Waals surface area contributed by atoms with Crippen LogP contribution < -0.4 is 0 Å². The highest BCUT2D eigenvalue weighted by Crippen LogP contribution is 2.36. The van der Waals surface area contributed by atoms with Crippen molar-refractivity contribution < 1.29 is 9.84 Å². The van der Waals surface area contributed by atoms with Crippen LogP contribution in [0.2, 0.25) is 0 Å². The second-order valence-corrected chi connectivity index (χ2v) is 7.29. The van der Waals surface area contributed by atoms with Crippen LogP contribution in [-0.2, 0) is 16.9 Å². The highest BCUT2D eigenvalue weighted by atomic mass is 16.5. The van der Waals surface area contributed by atoms with Gasteiger partial charge in [0, 0.05) is 45.1 Å². The van der Waals surface area contributed by atoms with Crippen LogP contribution in [0.4, 0.5) is 0 Å². The largest absolute Gasteiger partial charge is 0.383 e. The summed E-state index contributed by atoms with van der Waals surface area (Å²) in [7, 11) is 0. The highest BCUT2D eigenvalue weighted by molar-refractivity contribution is 5.26. The third kappa shape index (κ3) is 3.67. The Balaban J connectivity index is 1.57. The lowest BCUT2D eigenvalue weighted by molar-refractivity contribution is -0.119. The molecule has 3 heterocycles. The second-order valence-electron chi connectivity index (χ2n) is 7.29. The zero-order valence-corrected chi connectivity index (χ0v) is 15.1. The van der Waals surface area contributed by atoms with Crippen molar-refractivity contribution in [3.05, 3.63) is 66.0 Å². The van der Waals surface area contributed by atoms with Crippen molar-refractivity contribution in [3.8, 4) is 0 Å². The van der Waals surface area contributed by atoms with Gasteiger partial charge >= 0.3 is 0 Å². The number of hydrogen-bond acceptors (Lipinski definition) is 5. The van der Waals surface area contributed by atoms with E-state index in [4.69, 9.17) is 4.74 Å². The van der Waals surface area contributed by atoms with Crippen molar-refractivity contribution in [1.29, 1.82) is 0 Å². The number of morpholine rings is 1. The molecule has 5 nitrogen and oxygen atoms in total. The molecule has 26 heavy (non-hydrogen) atoms. The van der Waals surface area contributed by atoms with Gasteiger partial charge in [-0.3, -0.25) is 14.8 Å². The fourth-order valence-electron chi connectivity index (χ4n) is 4.24. The summed E-state index contributed by atoms with van der Waals surface area (Å²) in [6.07, 6.45) is 4.43. The lowest BCUT2D eigenvalue weighted by Crippen LogP contribution is -2.62. The number of rotatable bonds is 4. The molecule has 2 saturated heterocycles. The fourth-order valence-corrected chi connectivity index (χ4v) is 4.24. The molecule has 4 rings (SSSR count). The molecule has 0 saturated carbocycles. The van der Waals surface area contributed by atoms with Gasteiger partial charge in [0.2, 0.25) is 0 Å². The van der Waals surface area contributed by atoms with Gasteiger partial charge in [-0.2, -0.15) is 0 Å². The molecule has 0 aliphatic carbocycles. The van der Waals surface area contributed by atoms with E-state index in [-0.39, 0.29) is 6.04 Å². The maximum atomic E-state index is 11.7. The summed E-state index contributed by atoms with van der Waals surface area (Å²) in [5.41, 5.74) is 1.48. The first-order valence-electron chi connectivity index (χ1n) is 9.47. The van der Waals surface area contributed by atoms with E-state index in [9.17, 15) is 5.11 Å². The average molecular weight is 353 g/mol. The molecular weight excluding hydrogens is 326 g/mol. The normalized spacial score (nSPS) is 28.1. The van der Waals surface area contributed by atoms with Crippen molar-refractivity contribution in [2.24, 2.45) is 0 Å². The van der Waals surface area contributed by atoms with Crippen LogP contribution in [0.25, 0.3) is 0 Å². The molecule has 1 aromatic heterocycles. The number of aromatic nitrogens is 1. The summed E-state index contributed by atoms with van der Waals surface area (Å²) >= 11 is 0. The first-order valence-corrected chi connectivity index (χ1v) is 9.47. The van der Waals surface area contributed by atoms with Gasteiger partial charge in [-0.25, -0.2) is 0 Å². The van der Waals surface area contributed by atoms with Crippen molar-refractivity contribution in [1.82, 2.24) is 14.8 Å². The molecule has 2 aliphatic rings. The smallest absolute Gasteiger partial charge is 0.108 e. The Morgan fingerprint density at radius 3 is 2.50 bits per heavy atom. The number of nitrogens with zero attached hydrogens (tertiary/aromatic N) is 3. The van der Waals surface area contributed by atoms with Crippen LogP contribution in [0.1, 0.15) is 17.5 Å². The van der Waals surface area contributed by atoms with Gasteiger partial charge in [0.05, 0.1) is 19.3 Å². The lowest BCUT2D eigenvalue weighted by Gasteiger charge is -2.50. The molecule has 2 aromatic rings. The van der Waals surface area contributed by atoms with E-state index in [1.54, 1.807) is 0 Å². The number of aliphatic hydroxyl groups is 1. The SMILES string of the molecule is O[C@]1(c2ccccc2)CCN(Cc2ccncc2)C[C@H]1N1CCOCC1. The Bertz CT molecular complexity index is 691. The predicted molar refractivity (Wildman–Crippen MR) is 101 cm³/mol. The summed E-state index contributed by atoms with van der Waals surface area (Å²) in [6, 6.07) is 14.4. The van der Waals surface area contributed by atoms with Gasteiger partial charge < -0.3 is 9.84 Å². The van der Waals surface area contributed by atoms with Crippen LogP contribution in [0, 0.1) is 0 Å². The van der Waals surface area contributed by atoms with E-state index < -0.39 is 5.60 Å². The van der Waals surface area contributed by atoms with Gasteiger partial charge in [-0.05, 0) is 29.7 Å². The maximum Gasteiger partial charge on any atom is 0.108 e. The summed E-state index contributed by atoms with van der Waals surface area (Å²) in [4.78, 5) is 8.97. The molecule has 2 atom stereocenters. The first kappa shape index (κ1) is 17.6. The monoisotopic (exact) mass is 353 g/mol. The average Bonchev–Trinajstić information content (AvgIpc) is 2.72. The topological polar surface area (TPSA) is 48.8 Å². The molecule has 2 fully saturated rings. The number of hydrogen-bond donors (Lipinski definition) is 1. The van der Waals surface area contributed by atoms with Crippen LogP contribution in [0.15, 0.2) is 54.9 Å². The Labute approximate surface area is 155 Å². The molecule has 0 bridgehead atoms. The Morgan fingerprint density at radius 2 is 1.77 bits per heavy atom. The molecule has 2 aliphatic heterocycles. The molecule has 0 spiro atoms. The van der Waals surface area contributed by atoms with Crippen LogP contribution in [0.3, 0.4) is 0 Å². The number of piperidine rings is 1. The third-order valence-electron chi connectivity index (χ3n) is 5.71. The second kappa shape index (κ2) is 7.84. The Morgan fingerprint density at radius 1 is 1.04 bits per heavy atom. The molecule has 138 valence electrons. The van der Waals surface area contributed by atoms with E-state index in [2.05, 4.69) is 39.0 Å². The van der Waals surface area contributed by atoms with Gasteiger partial charge in [-0.1, -0.05) is 30.3 Å². The minimum absolute atomic E-state index is 0.0735. The molecule has 1 N–H and O–H groups in total. The molecule has 0 radical (unpaired) electrons. The predicted octanol–water partition coefficient (Wildman–Crippen LogP) is 1.88. The van der Waals surface area contributed by atoms with Gasteiger partial charge in [0.15, 0.2) is 0 Å². The van der Waals surface area contributed by atoms with E-state index in [1.165, 1.54) is 5.56 Å². The van der Waals surface area contributed by atoms with Gasteiger partial charge in [0.1, 0.15) is 5.60 Å². The van der Waals surface area contributed by atoms with E-state index >= 15 is 0 Å². The standard InChI is InChI=1S/C21H27N3O2/c25-21(19-4-2-1-3-5-19)8-11-23(16-18-6-9-22-10-7-18)17-20(21)24-12-14-26-15-13-24/h1-7,9-10,20,25H,8,11-17H2/t20-,21+/m1/s1. The zero-order chi connectivity index (χ0) is 17.8. The van der Waals surface area contributed by atoms with Crippen molar-refractivity contribution in [2.75, 3.05) is 39.4 Å². The van der Waals surface area contributed by atoms with Crippen LogP contribution in [-0.4, -0.2) is 65.3 Å². The number of likely N-dealkylation sites (tertiary alicyclic amines) is 1. The molecule has 0 unspecified atom stereocenters. The van der Waals surface area contributed by atoms with Crippen molar-refractivity contribution >= 4 is 0 Å². The quantitative estimate of drug-likeness (QED) is 0.909. The van der Waals surface area contributed by atoms with E-state index in [0.29, 0.717) is 0 Å². The minimum atomic E-state index is -0.812. The summed E-state index contributed by atoms with van der Waals surface area (Å²) in [5.74, 6) is 0. The summed E-state index contributed by atoms with van der Waals surface area (Å²) in [6.45, 7) is 5.87. The first-order chi connectivity index (χ1) is 12.8. The van der Waals surface area contributed by atoms with Gasteiger partial charge in [0.25, 0.3) is 0 Å². The van der Waals surface area contributed by atoms with Crippen LogP contribution in [0.5, 0.6) is 0 Å². The Hall–Kier alpha value is -1.79. The Kier molecular flexibility index (Phi) is 5.31. The fraction of sp³-hybridized carbons (Fsp3) is 0.476. The molecular formula is C21H27N3O2. The van der Waals surface area contributed by atoms with Gasteiger partial charge in [-0.15, -0.1) is 0 Å². The molecule has 5 heteroatoms. The number of benzene rings is 1. The summed E-state index contributed by atoms with van der Waals surface area (Å²) in [5, 5.41) is 11.7. The third-order valence-corrected chi connectivity index (χ3v) is 5.71. The van der Waals surface area contributed by atoms with Crippen LogP contribution >= 0.6 is 0 Å².